The topological polar surface area (TPSA) is 31.2 Å². The molecule has 2 aromatic carbocycles. The van der Waals surface area contributed by atoms with Crippen LogP contribution in [0.2, 0.25) is 5.02 Å². The van der Waals surface area contributed by atoms with Gasteiger partial charge in [0, 0.05) is 10.4 Å². The minimum Gasteiger partial charge on any atom is -0.413 e. The van der Waals surface area contributed by atoms with Crippen molar-refractivity contribution in [2.24, 2.45) is 0 Å². The van der Waals surface area contributed by atoms with Crippen molar-refractivity contribution < 1.29 is 4.84 Å². The summed E-state index contributed by atoms with van der Waals surface area (Å²) in [6, 6.07) is 12.9. The van der Waals surface area contributed by atoms with Gasteiger partial charge in [-0.05, 0) is 23.6 Å². The molecule has 0 bridgehead atoms. The average Bonchev–Trinajstić information content (AvgIpc) is 2.39. The molecule has 0 radical (unpaired) electrons. The molecule has 3 aromatic rings. The summed E-state index contributed by atoms with van der Waals surface area (Å²) in [5, 5.41) is 3.05. The fourth-order valence-corrected chi connectivity index (χ4v) is 2.37. The Kier molecular flexibility index (Phi) is 2.49. The van der Waals surface area contributed by atoms with Gasteiger partial charge in [0.05, 0.1) is 10.9 Å². The zero-order valence-corrected chi connectivity index (χ0v) is 10.4. The number of benzene rings is 2. The van der Waals surface area contributed by atoms with Crippen LogP contribution in [-0.2, 0) is 0 Å². The monoisotopic (exact) mass is 259 g/mol. The average molecular weight is 260 g/mol. The lowest BCUT2D eigenvalue weighted by molar-refractivity contribution is 0.170. The molecule has 1 heterocycles. The van der Waals surface area contributed by atoms with Crippen LogP contribution in [0.4, 0.5) is 0 Å². The summed E-state index contributed by atoms with van der Waals surface area (Å²) < 4.78 is 1.27. The first-order chi connectivity index (χ1) is 8.72. The molecule has 0 N–H and O–H groups in total. The third kappa shape index (κ3) is 1.48. The molecule has 18 heavy (non-hydrogen) atoms. The summed E-state index contributed by atoms with van der Waals surface area (Å²) in [5.74, 6) is 0. The normalized spacial score (nSPS) is 11.0. The van der Waals surface area contributed by atoms with Crippen molar-refractivity contribution in [3.63, 3.8) is 0 Å². The Bertz CT molecular complexity index is 808. The van der Waals surface area contributed by atoms with Crippen molar-refractivity contribution in [2.45, 2.75) is 0 Å². The van der Waals surface area contributed by atoms with Gasteiger partial charge in [0.1, 0.15) is 7.11 Å². The zero-order valence-electron chi connectivity index (χ0n) is 9.68. The van der Waals surface area contributed by atoms with Gasteiger partial charge >= 0.3 is 0 Å². The van der Waals surface area contributed by atoms with E-state index in [2.05, 4.69) is 0 Å². The third-order valence-electron chi connectivity index (χ3n) is 2.99. The summed E-state index contributed by atoms with van der Waals surface area (Å²) in [6.07, 6.45) is 0. The maximum Gasteiger partial charge on any atom is 0.291 e. The van der Waals surface area contributed by atoms with Crippen LogP contribution in [0.25, 0.3) is 21.7 Å². The fourth-order valence-electron chi connectivity index (χ4n) is 2.21. The molecule has 0 fully saturated rings. The highest BCUT2D eigenvalue weighted by molar-refractivity contribution is 6.31. The molecule has 0 saturated carbocycles. The maximum absolute atomic E-state index is 12.3. The molecule has 0 unspecified atom stereocenters. The molecule has 3 rings (SSSR count). The standard InChI is InChI=1S/C14H10ClNO2/c1-18-16-13-8-9(15)6-7-11(13)10-4-2-3-5-12(10)14(16)17/h2-8H,1H3. The first-order valence-corrected chi connectivity index (χ1v) is 5.87. The Morgan fingerprint density at radius 3 is 2.50 bits per heavy atom. The molecule has 0 aliphatic heterocycles. The molecule has 0 atom stereocenters. The van der Waals surface area contributed by atoms with E-state index < -0.39 is 0 Å². The second-order valence-electron chi connectivity index (χ2n) is 3.99. The largest absolute Gasteiger partial charge is 0.413 e. The van der Waals surface area contributed by atoms with Crippen molar-refractivity contribution in [2.75, 3.05) is 7.11 Å². The lowest BCUT2D eigenvalue weighted by Crippen LogP contribution is -2.25. The van der Waals surface area contributed by atoms with Gasteiger partial charge in [0.2, 0.25) is 0 Å². The number of rotatable bonds is 1. The molecule has 0 aliphatic rings. The van der Waals surface area contributed by atoms with Crippen molar-refractivity contribution in [3.8, 4) is 0 Å². The van der Waals surface area contributed by atoms with Crippen LogP contribution in [0.5, 0.6) is 0 Å². The van der Waals surface area contributed by atoms with Gasteiger partial charge in [-0.15, -0.1) is 4.73 Å². The molecule has 1 aromatic heterocycles. The van der Waals surface area contributed by atoms with Crippen LogP contribution in [0.15, 0.2) is 47.3 Å². The predicted octanol–water partition coefficient (Wildman–Crippen LogP) is 2.87. The lowest BCUT2D eigenvalue weighted by Gasteiger charge is -2.11. The Labute approximate surface area is 108 Å². The molecule has 90 valence electrons. The highest BCUT2D eigenvalue weighted by Crippen LogP contribution is 2.24. The Morgan fingerprint density at radius 2 is 1.78 bits per heavy atom. The number of hydrogen-bond acceptors (Lipinski definition) is 2. The van der Waals surface area contributed by atoms with Gasteiger partial charge in [-0.1, -0.05) is 35.9 Å². The van der Waals surface area contributed by atoms with Crippen LogP contribution in [-0.4, -0.2) is 11.8 Å². The number of pyridine rings is 1. The number of fused-ring (bicyclic) bond motifs is 3. The van der Waals surface area contributed by atoms with Gasteiger partial charge in [0.15, 0.2) is 0 Å². The van der Waals surface area contributed by atoms with Gasteiger partial charge in [-0.25, -0.2) is 0 Å². The van der Waals surface area contributed by atoms with E-state index in [9.17, 15) is 4.79 Å². The Hall–Kier alpha value is -2.00. The summed E-state index contributed by atoms with van der Waals surface area (Å²) in [7, 11) is 1.47. The van der Waals surface area contributed by atoms with Gasteiger partial charge < -0.3 is 4.84 Å². The van der Waals surface area contributed by atoms with Crippen LogP contribution < -0.4 is 10.4 Å². The van der Waals surface area contributed by atoms with Crippen molar-refractivity contribution >= 4 is 33.3 Å². The van der Waals surface area contributed by atoms with Crippen molar-refractivity contribution in [1.82, 2.24) is 4.73 Å². The second kappa shape index (κ2) is 4.03. The minimum absolute atomic E-state index is 0.178. The molecule has 4 heteroatoms. The number of halogens is 1. The fraction of sp³-hybridized carbons (Fsp3) is 0.0714. The third-order valence-corrected chi connectivity index (χ3v) is 3.23. The first-order valence-electron chi connectivity index (χ1n) is 5.50. The minimum atomic E-state index is -0.178. The molecular formula is C14H10ClNO2. The molecular weight excluding hydrogens is 250 g/mol. The second-order valence-corrected chi connectivity index (χ2v) is 4.43. The van der Waals surface area contributed by atoms with Crippen LogP contribution in [0.1, 0.15) is 0 Å². The number of nitrogens with zero attached hydrogens (tertiary/aromatic N) is 1. The van der Waals surface area contributed by atoms with Crippen molar-refractivity contribution in [3.05, 3.63) is 57.8 Å². The van der Waals surface area contributed by atoms with E-state index in [4.69, 9.17) is 16.4 Å². The van der Waals surface area contributed by atoms with E-state index in [0.717, 1.165) is 10.8 Å². The van der Waals surface area contributed by atoms with E-state index >= 15 is 0 Å². The molecule has 0 amide bonds. The summed E-state index contributed by atoms with van der Waals surface area (Å²) in [5.41, 5.74) is 0.497. The summed E-state index contributed by atoms with van der Waals surface area (Å²) in [4.78, 5) is 17.4. The van der Waals surface area contributed by atoms with Gasteiger partial charge in [-0.2, -0.15) is 0 Å². The van der Waals surface area contributed by atoms with E-state index in [-0.39, 0.29) is 5.56 Å². The smallest absolute Gasteiger partial charge is 0.291 e. The molecule has 0 spiro atoms. The van der Waals surface area contributed by atoms with Gasteiger partial charge in [0.25, 0.3) is 5.56 Å². The Morgan fingerprint density at radius 1 is 1.06 bits per heavy atom. The van der Waals surface area contributed by atoms with E-state index in [0.29, 0.717) is 15.9 Å². The quantitative estimate of drug-likeness (QED) is 0.629. The van der Waals surface area contributed by atoms with Crippen LogP contribution in [0.3, 0.4) is 0 Å². The highest BCUT2D eigenvalue weighted by atomic mass is 35.5. The van der Waals surface area contributed by atoms with Gasteiger partial charge in [-0.3, -0.25) is 4.79 Å². The Balaban J connectivity index is 2.66. The van der Waals surface area contributed by atoms with Crippen LogP contribution in [0, 0.1) is 0 Å². The molecule has 3 nitrogen and oxygen atoms in total. The van der Waals surface area contributed by atoms with E-state index in [1.165, 1.54) is 11.8 Å². The zero-order chi connectivity index (χ0) is 12.7. The summed E-state index contributed by atoms with van der Waals surface area (Å²) >= 11 is 5.98. The number of hydrogen-bond donors (Lipinski definition) is 0. The summed E-state index contributed by atoms with van der Waals surface area (Å²) in [6.45, 7) is 0. The molecule has 0 aliphatic carbocycles. The first kappa shape index (κ1) is 11.1. The highest BCUT2D eigenvalue weighted by Gasteiger charge is 2.10. The van der Waals surface area contributed by atoms with Crippen LogP contribution >= 0.6 is 11.6 Å². The van der Waals surface area contributed by atoms with E-state index in [1.807, 2.05) is 24.3 Å². The maximum atomic E-state index is 12.3. The molecule has 0 saturated heterocycles. The lowest BCUT2D eigenvalue weighted by atomic mass is 10.1. The van der Waals surface area contributed by atoms with E-state index in [1.54, 1.807) is 18.2 Å². The predicted molar refractivity (Wildman–Crippen MR) is 73.2 cm³/mol. The SMILES string of the molecule is COn1c(=O)c2ccccc2c2ccc(Cl)cc21. The van der Waals surface area contributed by atoms with Crippen molar-refractivity contribution in [1.29, 1.82) is 0 Å². The number of aromatic nitrogens is 1.